The topological polar surface area (TPSA) is 38.5 Å². The highest BCUT2D eigenvalue weighted by Crippen LogP contribution is 2.21. The summed E-state index contributed by atoms with van der Waals surface area (Å²) < 4.78 is 5.29. The summed E-state index contributed by atoms with van der Waals surface area (Å²) >= 11 is 0. The molecular weight excluding hydrogens is 224 g/mol. The molecule has 0 aromatic heterocycles. The summed E-state index contributed by atoms with van der Waals surface area (Å²) in [5, 5.41) is 0. The molecule has 1 atom stereocenters. The Labute approximate surface area is 110 Å². The van der Waals surface area contributed by atoms with Gasteiger partial charge in [-0.15, -0.1) is 0 Å². The van der Waals surface area contributed by atoms with Crippen LogP contribution in [0.3, 0.4) is 0 Å². The normalized spacial score (nSPS) is 20.9. The fourth-order valence-corrected chi connectivity index (χ4v) is 2.78. The Hall–Kier alpha value is -1.06. The fourth-order valence-electron chi connectivity index (χ4n) is 2.78. The maximum atomic E-state index is 5.78. The molecule has 18 heavy (non-hydrogen) atoms. The molecule has 3 heteroatoms. The van der Waals surface area contributed by atoms with E-state index >= 15 is 0 Å². The highest BCUT2D eigenvalue weighted by Gasteiger charge is 2.18. The number of nitrogens with zero attached hydrogens (tertiary/aromatic N) is 1. The first-order valence-corrected chi connectivity index (χ1v) is 6.79. The summed E-state index contributed by atoms with van der Waals surface area (Å²) in [5.41, 5.74) is 8.35. The SMILES string of the molecule is COc1ccc(CN2CCCC(CN)C2)cc1C. The first-order chi connectivity index (χ1) is 8.72. The number of hydrogen-bond donors (Lipinski definition) is 1. The van der Waals surface area contributed by atoms with Crippen LogP contribution in [0.2, 0.25) is 0 Å². The van der Waals surface area contributed by atoms with E-state index in [2.05, 4.69) is 30.0 Å². The van der Waals surface area contributed by atoms with E-state index in [1.165, 1.54) is 30.5 Å². The lowest BCUT2D eigenvalue weighted by Crippen LogP contribution is -2.37. The molecule has 2 N–H and O–H groups in total. The molecule has 1 aliphatic rings. The number of piperidine rings is 1. The molecule has 1 fully saturated rings. The third kappa shape index (κ3) is 3.24. The number of likely N-dealkylation sites (tertiary alicyclic amines) is 1. The molecule has 0 saturated carbocycles. The van der Waals surface area contributed by atoms with Crippen molar-refractivity contribution in [3.63, 3.8) is 0 Å². The number of hydrogen-bond acceptors (Lipinski definition) is 3. The summed E-state index contributed by atoms with van der Waals surface area (Å²) in [5.74, 6) is 1.65. The summed E-state index contributed by atoms with van der Waals surface area (Å²) in [6.07, 6.45) is 2.56. The zero-order valence-corrected chi connectivity index (χ0v) is 11.5. The van der Waals surface area contributed by atoms with E-state index < -0.39 is 0 Å². The van der Waals surface area contributed by atoms with Crippen LogP contribution in [-0.4, -0.2) is 31.6 Å². The molecule has 1 saturated heterocycles. The van der Waals surface area contributed by atoms with Crippen molar-refractivity contribution in [1.82, 2.24) is 4.90 Å². The fraction of sp³-hybridized carbons (Fsp3) is 0.600. The van der Waals surface area contributed by atoms with E-state index in [9.17, 15) is 0 Å². The summed E-state index contributed by atoms with van der Waals surface area (Å²) in [6, 6.07) is 6.46. The molecule has 1 aliphatic heterocycles. The van der Waals surface area contributed by atoms with Gasteiger partial charge in [0, 0.05) is 13.1 Å². The maximum absolute atomic E-state index is 5.78. The Kier molecular flexibility index (Phi) is 4.61. The Morgan fingerprint density at radius 3 is 2.94 bits per heavy atom. The molecule has 100 valence electrons. The number of methoxy groups -OCH3 is 1. The quantitative estimate of drug-likeness (QED) is 0.887. The molecule has 2 rings (SSSR count). The number of aryl methyl sites for hydroxylation is 1. The molecule has 1 unspecified atom stereocenters. The minimum atomic E-state index is 0.679. The first kappa shape index (κ1) is 13.4. The van der Waals surface area contributed by atoms with Gasteiger partial charge in [0.05, 0.1) is 7.11 Å². The molecule has 0 amide bonds. The molecule has 0 bridgehead atoms. The van der Waals surface area contributed by atoms with Gasteiger partial charge < -0.3 is 10.5 Å². The summed E-state index contributed by atoms with van der Waals surface area (Å²) in [7, 11) is 1.72. The van der Waals surface area contributed by atoms with Crippen molar-refractivity contribution in [3.8, 4) is 5.75 Å². The highest BCUT2D eigenvalue weighted by atomic mass is 16.5. The zero-order chi connectivity index (χ0) is 13.0. The van der Waals surface area contributed by atoms with Crippen LogP contribution in [-0.2, 0) is 6.54 Å². The predicted octanol–water partition coefficient (Wildman–Crippen LogP) is 2.17. The van der Waals surface area contributed by atoms with Crippen LogP contribution in [0.4, 0.5) is 0 Å². The Morgan fingerprint density at radius 2 is 2.28 bits per heavy atom. The van der Waals surface area contributed by atoms with E-state index in [4.69, 9.17) is 10.5 Å². The third-order valence-electron chi connectivity index (χ3n) is 3.80. The Bertz CT molecular complexity index is 392. The van der Waals surface area contributed by atoms with Crippen molar-refractivity contribution < 1.29 is 4.74 Å². The predicted molar refractivity (Wildman–Crippen MR) is 74.8 cm³/mol. The first-order valence-electron chi connectivity index (χ1n) is 6.79. The minimum Gasteiger partial charge on any atom is -0.496 e. The van der Waals surface area contributed by atoms with Crippen LogP contribution in [0.5, 0.6) is 5.75 Å². The smallest absolute Gasteiger partial charge is 0.121 e. The molecule has 0 aliphatic carbocycles. The van der Waals surface area contributed by atoms with Crippen molar-refractivity contribution in [2.45, 2.75) is 26.3 Å². The molecule has 3 nitrogen and oxygen atoms in total. The van der Waals surface area contributed by atoms with Crippen molar-refractivity contribution in [2.24, 2.45) is 11.7 Å². The van der Waals surface area contributed by atoms with Gasteiger partial charge in [0.1, 0.15) is 5.75 Å². The van der Waals surface area contributed by atoms with Crippen LogP contribution < -0.4 is 10.5 Å². The molecule has 1 aromatic rings. The van der Waals surface area contributed by atoms with E-state index in [0.717, 1.165) is 25.4 Å². The van der Waals surface area contributed by atoms with E-state index in [-0.39, 0.29) is 0 Å². The van der Waals surface area contributed by atoms with Crippen molar-refractivity contribution in [1.29, 1.82) is 0 Å². The average molecular weight is 248 g/mol. The van der Waals surface area contributed by atoms with Gasteiger partial charge in [-0.1, -0.05) is 12.1 Å². The van der Waals surface area contributed by atoms with Gasteiger partial charge in [0.2, 0.25) is 0 Å². The largest absolute Gasteiger partial charge is 0.496 e. The van der Waals surface area contributed by atoms with Gasteiger partial charge in [-0.2, -0.15) is 0 Å². The second-order valence-electron chi connectivity index (χ2n) is 5.28. The van der Waals surface area contributed by atoms with Crippen LogP contribution in [0, 0.1) is 12.8 Å². The Morgan fingerprint density at radius 1 is 1.44 bits per heavy atom. The third-order valence-corrected chi connectivity index (χ3v) is 3.80. The van der Waals surface area contributed by atoms with Crippen LogP contribution >= 0.6 is 0 Å². The lowest BCUT2D eigenvalue weighted by Gasteiger charge is -2.32. The summed E-state index contributed by atoms with van der Waals surface area (Å²) in [6.45, 7) is 6.28. The molecule has 1 heterocycles. The zero-order valence-electron chi connectivity index (χ0n) is 11.5. The van der Waals surface area contributed by atoms with E-state index in [0.29, 0.717) is 5.92 Å². The molecule has 1 aromatic carbocycles. The lowest BCUT2D eigenvalue weighted by atomic mass is 9.97. The maximum Gasteiger partial charge on any atom is 0.121 e. The van der Waals surface area contributed by atoms with Gasteiger partial charge in [0.15, 0.2) is 0 Å². The molecule has 0 spiro atoms. The van der Waals surface area contributed by atoms with Crippen LogP contribution in [0.25, 0.3) is 0 Å². The minimum absolute atomic E-state index is 0.679. The van der Waals surface area contributed by atoms with Crippen LogP contribution in [0.15, 0.2) is 18.2 Å². The van der Waals surface area contributed by atoms with Gasteiger partial charge in [-0.05, 0) is 56.0 Å². The Balaban J connectivity index is 1.98. The monoisotopic (exact) mass is 248 g/mol. The van der Waals surface area contributed by atoms with Gasteiger partial charge in [-0.25, -0.2) is 0 Å². The van der Waals surface area contributed by atoms with Crippen molar-refractivity contribution in [3.05, 3.63) is 29.3 Å². The average Bonchev–Trinajstić information content (AvgIpc) is 2.39. The van der Waals surface area contributed by atoms with E-state index in [1.807, 2.05) is 0 Å². The second kappa shape index (κ2) is 6.21. The van der Waals surface area contributed by atoms with Crippen molar-refractivity contribution in [2.75, 3.05) is 26.7 Å². The van der Waals surface area contributed by atoms with Crippen LogP contribution in [0.1, 0.15) is 24.0 Å². The number of nitrogens with two attached hydrogens (primary N) is 1. The number of benzene rings is 1. The number of ether oxygens (including phenoxy) is 1. The van der Waals surface area contributed by atoms with Gasteiger partial charge in [0.25, 0.3) is 0 Å². The lowest BCUT2D eigenvalue weighted by molar-refractivity contribution is 0.171. The van der Waals surface area contributed by atoms with E-state index in [1.54, 1.807) is 7.11 Å². The summed E-state index contributed by atoms with van der Waals surface area (Å²) in [4.78, 5) is 2.52. The molecule has 0 radical (unpaired) electrons. The van der Waals surface area contributed by atoms with Gasteiger partial charge in [-0.3, -0.25) is 4.90 Å². The van der Waals surface area contributed by atoms with Crippen molar-refractivity contribution >= 4 is 0 Å². The second-order valence-corrected chi connectivity index (χ2v) is 5.28. The standard InChI is InChI=1S/C15H24N2O/c1-12-8-13(5-6-15(12)18-2)10-17-7-3-4-14(9-16)11-17/h5-6,8,14H,3-4,7,9-11,16H2,1-2H3. The molecular formula is C15H24N2O. The number of rotatable bonds is 4. The van der Waals surface area contributed by atoms with Gasteiger partial charge >= 0.3 is 0 Å². The highest BCUT2D eigenvalue weighted by molar-refractivity contribution is 5.36.